The average Bonchev–Trinajstić information content (AvgIpc) is 2.97. The fourth-order valence-electron chi connectivity index (χ4n) is 4.32. The summed E-state index contributed by atoms with van der Waals surface area (Å²) in [5, 5.41) is 12.2. The maximum absolute atomic E-state index is 14.5. The zero-order valence-corrected chi connectivity index (χ0v) is 15.8. The van der Waals surface area contributed by atoms with E-state index in [-0.39, 0.29) is 17.1 Å². The van der Waals surface area contributed by atoms with Gasteiger partial charge in [0, 0.05) is 18.2 Å². The SMILES string of the molecule is O=CNc1cccc2c1C1C(=O)C=NC=C1[N+]2(CC(=O)O)Cc1c(F)cc(F)cc1F. The maximum atomic E-state index is 14.5. The van der Waals surface area contributed by atoms with Gasteiger partial charge in [-0.1, -0.05) is 6.07 Å². The highest BCUT2D eigenvalue weighted by molar-refractivity contribution is 6.32. The Morgan fingerprint density at radius 1 is 1.23 bits per heavy atom. The summed E-state index contributed by atoms with van der Waals surface area (Å²) in [6, 6.07) is 5.60. The number of carboxylic acids is 1. The van der Waals surface area contributed by atoms with Gasteiger partial charge < -0.3 is 10.4 Å². The van der Waals surface area contributed by atoms with Gasteiger partial charge >= 0.3 is 5.97 Å². The fraction of sp³-hybridized carbons (Fsp3) is 0.143. The van der Waals surface area contributed by atoms with E-state index in [9.17, 15) is 32.7 Å². The quantitative estimate of drug-likeness (QED) is 0.544. The maximum Gasteiger partial charge on any atom is 0.360 e. The third-order valence-corrected chi connectivity index (χ3v) is 5.47. The summed E-state index contributed by atoms with van der Waals surface area (Å²) in [6.07, 6.45) is 2.76. The zero-order valence-electron chi connectivity index (χ0n) is 15.8. The van der Waals surface area contributed by atoms with Crippen molar-refractivity contribution in [2.75, 3.05) is 11.9 Å². The second-order valence-electron chi connectivity index (χ2n) is 7.19. The number of fused-ring (bicyclic) bond motifs is 3. The summed E-state index contributed by atoms with van der Waals surface area (Å²) in [5.41, 5.74) is 0.505. The van der Waals surface area contributed by atoms with Gasteiger partial charge in [-0.2, -0.15) is 0 Å². The predicted octanol–water partition coefficient (Wildman–Crippen LogP) is 2.86. The summed E-state index contributed by atoms with van der Waals surface area (Å²) in [4.78, 5) is 39.6. The number of nitrogens with one attached hydrogen (secondary N) is 1. The smallest absolute Gasteiger partial charge is 0.360 e. The molecule has 0 aliphatic carbocycles. The van der Waals surface area contributed by atoms with Crippen LogP contribution in [0.15, 0.2) is 47.2 Å². The van der Waals surface area contributed by atoms with E-state index in [4.69, 9.17) is 0 Å². The Bertz CT molecular complexity index is 1170. The van der Waals surface area contributed by atoms with Gasteiger partial charge in [0.15, 0.2) is 12.3 Å². The van der Waals surface area contributed by atoms with Crippen molar-refractivity contribution in [2.24, 2.45) is 4.99 Å². The van der Waals surface area contributed by atoms with E-state index in [1.54, 1.807) is 0 Å². The third-order valence-electron chi connectivity index (χ3n) is 5.47. The van der Waals surface area contributed by atoms with Crippen LogP contribution >= 0.6 is 0 Å². The van der Waals surface area contributed by atoms with Crippen LogP contribution in [0.25, 0.3) is 0 Å². The standard InChI is InChI=1S/C21H14F3N3O4/c22-11-4-13(23)12(14(24)5-11)8-27(9-19(30)31)16-3-1-2-15(26-10-28)20(16)21-17(27)6-25-7-18(21)29/h1-7,10,21H,8-9H2,(H-,26,28,30,31)/p+1. The molecule has 7 nitrogen and oxygen atoms in total. The first-order chi connectivity index (χ1) is 14.8. The molecule has 158 valence electrons. The molecule has 0 spiro atoms. The Morgan fingerprint density at radius 2 is 1.94 bits per heavy atom. The monoisotopic (exact) mass is 430 g/mol. The summed E-state index contributed by atoms with van der Waals surface area (Å²) in [5.74, 6) is -6.24. The lowest BCUT2D eigenvalue weighted by molar-refractivity contribution is -0.137. The van der Waals surface area contributed by atoms with Crippen molar-refractivity contribution in [3.63, 3.8) is 0 Å². The van der Waals surface area contributed by atoms with Crippen molar-refractivity contribution >= 4 is 35.8 Å². The number of Topliss-reactive ketones (excluding diaryl/α,β-unsaturated/α-hetero) is 1. The Labute approximate surface area is 173 Å². The van der Waals surface area contributed by atoms with Crippen LogP contribution in [0.4, 0.5) is 24.5 Å². The molecule has 2 aromatic carbocycles. The molecule has 0 saturated heterocycles. The Morgan fingerprint density at radius 3 is 2.58 bits per heavy atom. The molecule has 4 rings (SSSR count). The summed E-state index contributed by atoms with van der Waals surface area (Å²) >= 11 is 0. The summed E-state index contributed by atoms with van der Waals surface area (Å²) in [6.45, 7) is -1.22. The molecule has 2 aliphatic heterocycles. The number of anilines is 1. The van der Waals surface area contributed by atoms with Crippen LogP contribution in [0, 0.1) is 17.5 Å². The molecule has 2 atom stereocenters. The number of ketones is 1. The van der Waals surface area contributed by atoms with E-state index < -0.39 is 58.3 Å². The summed E-state index contributed by atoms with van der Waals surface area (Å²) in [7, 11) is 0. The van der Waals surface area contributed by atoms with Crippen LogP contribution in [-0.2, 0) is 20.9 Å². The number of hydrogen-bond donors (Lipinski definition) is 2. The lowest BCUT2D eigenvalue weighted by Gasteiger charge is -2.35. The largest absolute Gasteiger partial charge is 0.477 e. The van der Waals surface area contributed by atoms with Crippen LogP contribution in [0.3, 0.4) is 0 Å². The van der Waals surface area contributed by atoms with Crippen LogP contribution < -0.4 is 9.80 Å². The number of hydrogen-bond acceptors (Lipinski definition) is 4. The lowest BCUT2D eigenvalue weighted by Crippen LogP contribution is -2.50. The average molecular weight is 430 g/mol. The van der Waals surface area contributed by atoms with Gasteiger partial charge in [0.1, 0.15) is 41.3 Å². The second-order valence-corrected chi connectivity index (χ2v) is 7.19. The minimum Gasteiger partial charge on any atom is -0.477 e. The molecule has 1 amide bonds. The van der Waals surface area contributed by atoms with Crippen molar-refractivity contribution in [1.29, 1.82) is 0 Å². The molecular weight excluding hydrogens is 415 g/mol. The van der Waals surface area contributed by atoms with E-state index in [1.165, 1.54) is 24.4 Å². The van der Waals surface area contributed by atoms with E-state index in [2.05, 4.69) is 10.3 Å². The number of aliphatic imine (C=N–C) groups is 1. The van der Waals surface area contributed by atoms with Gasteiger partial charge in [-0.05, 0) is 6.07 Å². The normalized spacial score (nSPS) is 21.3. The fourth-order valence-corrected chi connectivity index (χ4v) is 4.32. The first-order valence-corrected chi connectivity index (χ1v) is 9.12. The van der Waals surface area contributed by atoms with Crippen LogP contribution in [-0.4, -0.2) is 36.0 Å². The van der Waals surface area contributed by atoms with Gasteiger partial charge in [-0.15, -0.1) is 0 Å². The Hall–Kier alpha value is -3.79. The number of benzene rings is 2. The van der Waals surface area contributed by atoms with Crippen molar-refractivity contribution < 1.29 is 32.7 Å². The molecule has 10 heteroatoms. The van der Waals surface area contributed by atoms with E-state index in [0.717, 1.165) is 6.21 Å². The van der Waals surface area contributed by atoms with Crippen molar-refractivity contribution in [1.82, 2.24) is 4.48 Å². The minimum absolute atomic E-state index is 0.188. The second kappa shape index (κ2) is 7.47. The number of carbonyl (C=O) groups excluding carboxylic acids is 2. The Balaban J connectivity index is 2.02. The molecular formula is C21H15F3N3O4+. The van der Waals surface area contributed by atoms with Crippen LogP contribution in [0.1, 0.15) is 17.0 Å². The van der Waals surface area contributed by atoms with Gasteiger partial charge in [0.25, 0.3) is 0 Å². The molecule has 2 N–H and O–H groups in total. The van der Waals surface area contributed by atoms with Gasteiger partial charge in [0.2, 0.25) is 6.41 Å². The number of carbonyl (C=O) groups is 3. The van der Waals surface area contributed by atoms with Crippen LogP contribution in [0.2, 0.25) is 0 Å². The van der Waals surface area contributed by atoms with Crippen molar-refractivity contribution in [2.45, 2.75) is 12.5 Å². The molecule has 2 heterocycles. The number of allylic oxidation sites excluding steroid dienone is 1. The number of rotatable bonds is 6. The lowest BCUT2D eigenvalue weighted by atomic mass is 9.92. The van der Waals surface area contributed by atoms with Gasteiger partial charge in [-0.25, -0.2) is 22.4 Å². The number of carboxylic acid groups (broad SMARTS) is 1. The molecule has 0 fully saturated rings. The molecule has 2 aliphatic rings. The zero-order chi connectivity index (χ0) is 22.3. The molecule has 0 saturated carbocycles. The number of aliphatic carboxylic acids is 1. The minimum atomic E-state index is -1.30. The Kier molecular flexibility index (Phi) is 4.94. The highest BCUT2D eigenvalue weighted by Gasteiger charge is 2.55. The highest BCUT2D eigenvalue weighted by atomic mass is 19.1. The first kappa shape index (κ1) is 20.5. The van der Waals surface area contributed by atoms with E-state index in [1.807, 2.05) is 0 Å². The molecule has 2 aromatic rings. The van der Waals surface area contributed by atoms with Gasteiger partial charge in [0.05, 0.1) is 29.2 Å². The third kappa shape index (κ3) is 3.21. The van der Waals surface area contributed by atoms with E-state index >= 15 is 0 Å². The highest BCUT2D eigenvalue weighted by Crippen LogP contribution is 2.54. The molecule has 0 radical (unpaired) electrons. The van der Waals surface area contributed by atoms with Crippen LogP contribution in [0.5, 0.6) is 0 Å². The molecule has 0 aromatic heterocycles. The number of quaternary nitrogens is 1. The molecule has 2 unspecified atom stereocenters. The first-order valence-electron chi connectivity index (χ1n) is 9.12. The molecule has 0 bridgehead atoms. The van der Waals surface area contributed by atoms with Crippen molar-refractivity contribution in [3.8, 4) is 0 Å². The predicted molar refractivity (Wildman–Crippen MR) is 105 cm³/mol. The van der Waals surface area contributed by atoms with Crippen molar-refractivity contribution in [3.05, 3.63) is 70.8 Å². The number of nitrogens with zero attached hydrogens (tertiary/aromatic N) is 2. The topological polar surface area (TPSA) is 95.8 Å². The number of amides is 1. The van der Waals surface area contributed by atoms with Gasteiger partial charge in [-0.3, -0.25) is 14.6 Å². The number of halogens is 3. The summed E-state index contributed by atoms with van der Waals surface area (Å²) < 4.78 is 41.9. The van der Waals surface area contributed by atoms with E-state index in [0.29, 0.717) is 24.1 Å². The molecule has 31 heavy (non-hydrogen) atoms.